The van der Waals surface area contributed by atoms with Crippen LogP contribution in [0.5, 0.6) is 0 Å². The maximum absolute atomic E-state index is 12.1. The monoisotopic (exact) mass is 292 g/mol. The Hall–Kier alpha value is -1.43. The molecule has 116 valence electrons. The van der Waals surface area contributed by atoms with E-state index in [1.54, 1.807) is 0 Å². The minimum atomic E-state index is 0.290. The van der Waals surface area contributed by atoms with Gasteiger partial charge in [-0.15, -0.1) is 10.2 Å². The van der Waals surface area contributed by atoms with Crippen molar-refractivity contribution in [2.75, 3.05) is 13.1 Å². The average Bonchev–Trinajstić information content (AvgIpc) is 3.18. The van der Waals surface area contributed by atoms with Gasteiger partial charge >= 0.3 is 0 Å². The van der Waals surface area contributed by atoms with Gasteiger partial charge in [0.1, 0.15) is 0 Å². The van der Waals surface area contributed by atoms with E-state index < -0.39 is 0 Å². The van der Waals surface area contributed by atoms with Gasteiger partial charge in [0.2, 0.25) is 17.7 Å². The number of carbonyl (C=O) groups excluding carboxylic acids is 1. The van der Waals surface area contributed by atoms with Crippen LogP contribution >= 0.6 is 0 Å². The van der Waals surface area contributed by atoms with Gasteiger partial charge in [-0.05, 0) is 32.2 Å². The molecule has 1 aromatic rings. The van der Waals surface area contributed by atoms with Gasteiger partial charge in [-0.3, -0.25) is 9.69 Å². The number of rotatable bonds is 4. The van der Waals surface area contributed by atoms with Crippen molar-refractivity contribution in [3.63, 3.8) is 0 Å². The molecule has 0 aliphatic carbocycles. The molecule has 0 bridgehead atoms. The molecule has 2 fully saturated rings. The molecule has 2 saturated heterocycles. The number of nitrogens with zero attached hydrogens (tertiary/aromatic N) is 4. The largest absolute Gasteiger partial charge is 0.424 e. The van der Waals surface area contributed by atoms with Crippen LogP contribution in [0, 0.1) is 6.92 Å². The normalized spacial score (nSPS) is 26.7. The molecule has 0 N–H and O–H groups in total. The maximum Gasteiger partial charge on any atom is 0.230 e. The molecule has 0 radical (unpaired) electrons. The van der Waals surface area contributed by atoms with E-state index in [9.17, 15) is 4.79 Å². The summed E-state index contributed by atoms with van der Waals surface area (Å²) in [7, 11) is 0. The van der Waals surface area contributed by atoms with Crippen molar-refractivity contribution >= 4 is 5.91 Å². The van der Waals surface area contributed by atoms with Gasteiger partial charge in [0.05, 0.1) is 6.54 Å². The van der Waals surface area contributed by atoms with Crippen LogP contribution in [0.3, 0.4) is 0 Å². The highest BCUT2D eigenvalue weighted by Gasteiger charge is 2.39. The third-order valence-electron chi connectivity index (χ3n) is 4.69. The summed E-state index contributed by atoms with van der Waals surface area (Å²) in [6.07, 6.45) is 5.19. The van der Waals surface area contributed by atoms with Gasteiger partial charge in [0.15, 0.2) is 0 Å². The minimum absolute atomic E-state index is 0.290. The van der Waals surface area contributed by atoms with Crippen LogP contribution in [0.4, 0.5) is 0 Å². The third kappa shape index (κ3) is 2.95. The lowest BCUT2D eigenvalue weighted by Crippen LogP contribution is -2.47. The number of hydrogen-bond acceptors (Lipinski definition) is 5. The van der Waals surface area contributed by atoms with Crippen molar-refractivity contribution in [3.05, 3.63) is 11.8 Å². The summed E-state index contributed by atoms with van der Waals surface area (Å²) in [5.41, 5.74) is 0. The quantitative estimate of drug-likeness (QED) is 0.846. The SMILES string of the molecule is CCC(=O)N1CCC[C@@H]1[C@@H]1CCCN1Cc1nnc(C)o1. The summed E-state index contributed by atoms with van der Waals surface area (Å²) in [4.78, 5) is 16.6. The second-order valence-electron chi connectivity index (χ2n) is 6.05. The summed E-state index contributed by atoms with van der Waals surface area (Å²) < 4.78 is 5.51. The standard InChI is InChI=1S/C15H24N4O2/c1-3-15(20)19-9-5-7-13(19)12-6-4-8-18(12)10-14-17-16-11(2)21-14/h12-13H,3-10H2,1-2H3/t12-,13+/m0/s1. The van der Waals surface area contributed by atoms with Crippen molar-refractivity contribution in [2.45, 2.75) is 64.6 Å². The summed E-state index contributed by atoms with van der Waals surface area (Å²) in [6.45, 7) is 6.44. The summed E-state index contributed by atoms with van der Waals surface area (Å²) in [5, 5.41) is 8.00. The molecule has 1 amide bonds. The lowest BCUT2D eigenvalue weighted by Gasteiger charge is -2.34. The number of hydrogen-bond donors (Lipinski definition) is 0. The molecular weight excluding hydrogens is 268 g/mol. The van der Waals surface area contributed by atoms with Gasteiger partial charge in [-0.2, -0.15) is 0 Å². The number of carbonyl (C=O) groups is 1. The highest BCUT2D eigenvalue weighted by atomic mass is 16.4. The van der Waals surface area contributed by atoms with E-state index in [1.807, 2.05) is 13.8 Å². The Kier molecular flexibility index (Phi) is 4.24. The number of amides is 1. The number of aryl methyl sites for hydroxylation is 1. The molecule has 2 aliphatic heterocycles. The first kappa shape index (κ1) is 14.5. The first-order valence-electron chi connectivity index (χ1n) is 8.01. The molecule has 6 heteroatoms. The van der Waals surface area contributed by atoms with Gasteiger partial charge in [0, 0.05) is 32.0 Å². The van der Waals surface area contributed by atoms with Crippen LogP contribution in [0.2, 0.25) is 0 Å². The smallest absolute Gasteiger partial charge is 0.230 e. The molecule has 3 heterocycles. The van der Waals surface area contributed by atoms with Crippen LogP contribution in [-0.4, -0.2) is 51.1 Å². The zero-order chi connectivity index (χ0) is 14.8. The van der Waals surface area contributed by atoms with E-state index in [2.05, 4.69) is 20.0 Å². The Morgan fingerprint density at radius 2 is 2.00 bits per heavy atom. The fraction of sp³-hybridized carbons (Fsp3) is 0.800. The molecule has 21 heavy (non-hydrogen) atoms. The second-order valence-corrected chi connectivity index (χ2v) is 6.05. The van der Waals surface area contributed by atoms with E-state index in [-0.39, 0.29) is 5.91 Å². The Labute approximate surface area is 125 Å². The highest BCUT2D eigenvalue weighted by Crippen LogP contribution is 2.31. The lowest BCUT2D eigenvalue weighted by atomic mass is 10.0. The fourth-order valence-corrected chi connectivity index (χ4v) is 3.76. The van der Waals surface area contributed by atoms with E-state index in [0.29, 0.717) is 36.8 Å². The van der Waals surface area contributed by atoms with Gasteiger partial charge in [-0.1, -0.05) is 6.92 Å². The van der Waals surface area contributed by atoms with Crippen molar-refractivity contribution in [3.8, 4) is 0 Å². The Balaban J connectivity index is 1.69. The van der Waals surface area contributed by atoms with E-state index >= 15 is 0 Å². The summed E-state index contributed by atoms with van der Waals surface area (Å²) in [6, 6.07) is 0.805. The van der Waals surface area contributed by atoms with Crippen LogP contribution in [0.15, 0.2) is 4.42 Å². The molecule has 0 spiro atoms. The molecule has 0 unspecified atom stereocenters. The molecule has 6 nitrogen and oxygen atoms in total. The summed E-state index contributed by atoms with van der Waals surface area (Å²) in [5.74, 6) is 1.59. The summed E-state index contributed by atoms with van der Waals surface area (Å²) >= 11 is 0. The van der Waals surface area contributed by atoms with Crippen molar-refractivity contribution < 1.29 is 9.21 Å². The molecule has 3 rings (SSSR count). The van der Waals surface area contributed by atoms with Crippen molar-refractivity contribution in [1.82, 2.24) is 20.0 Å². The molecule has 2 aliphatic rings. The second kappa shape index (κ2) is 6.13. The maximum atomic E-state index is 12.1. The lowest BCUT2D eigenvalue weighted by molar-refractivity contribution is -0.132. The zero-order valence-corrected chi connectivity index (χ0v) is 12.9. The number of aromatic nitrogens is 2. The molecular formula is C15H24N4O2. The molecule has 2 atom stereocenters. The molecule has 0 saturated carbocycles. The van der Waals surface area contributed by atoms with Crippen molar-refractivity contribution in [1.29, 1.82) is 0 Å². The first-order valence-corrected chi connectivity index (χ1v) is 8.01. The van der Waals surface area contributed by atoms with Gasteiger partial charge in [0.25, 0.3) is 0 Å². The zero-order valence-electron chi connectivity index (χ0n) is 12.9. The van der Waals surface area contributed by atoms with Crippen LogP contribution < -0.4 is 0 Å². The Morgan fingerprint density at radius 3 is 2.71 bits per heavy atom. The highest BCUT2D eigenvalue weighted by molar-refractivity contribution is 5.76. The topological polar surface area (TPSA) is 62.5 Å². The third-order valence-corrected chi connectivity index (χ3v) is 4.69. The molecule has 1 aromatic heterocycles. The van der Waals surface area contributed by atoms with Gasteiger partial charge < -0.3 is 9.32 Å². The minimum Gasteiger partial charge on any atom is -0.424 e. The van der Waals surface area contributed by atoms with E-state index in [0.717, 1.165) is 32.4 Å². The fourth-order valence-electron chi connectivity index (χ4n) is 3.76. The molecule has 0 aromatic carbocycles. The van der Waals surface area contributed by atoms with Crippen LogP contribution in [0.25, 0.3) is 0 Å². The first-order chi connectivity index (χ1) is 10.2. The number of likely N-dealkylation sites (tertiary alicyclic amines) is 2. The predicted molar refractivity (Wildman–Crippen MR) is 77.5 cm³/mol. The van der Waals surface area contributed by atoms with Crippen molar-refractivity contribution in [2.24, 2.45) is 0 Å². The predicted octanol–water partition coefficient (Wildman–Crippen LogP) is 1.74. The Bertz CT molecular complexity index is 502. The van der Waals surface area contributed by atoms with Gasteiger partial charge in [-0.25, -0.2) is 0 Å². The van der Waals surface area contributed by atoms with Crippen LogP contribution in [-0.2, 0) is 11.3 Å². The van der Waals surface area contributed by atoms with E-state index in [4.69, 9.17) is 4.42 Å². The Morgan fingerprint density at radius 1 is 1.24 bits per heavy atom. The average molecular weight is 292 g/mol. The van der Waals surface area contributed by atoms with E-state index in [1.165, 1.54) is 6.42 Å². The van der Waals surface area contributed by atoms with Crippen LogP contribution in [0.1, 0.15) is 50.8 Å².